The lowest BCUT2D eigenvalue weighted by Crippen LogP contribution is -2.40. The molecule has 1 rings (SSSR count). The second-order valence-corrected chi connectivity index (χ2v) is 5.88. The van der Waals surface area contributed by atoms with Crippen molar-refractivity contribution in [1.82, 2.24) is 10.6 Å². The van der Waals surface area contributed by atoms with Crippen molar-refractivity contribution in [3.63, 3.8) is 0 Å². The van der Waals surface area contributed by atoms with Crippen LogP contribution in [0.5, 0.6) is 5.75 Å². The van der Waals surface area contributed by atoms with E-state index in [9.17, 15) is 22.8 Å². The molecule has 0 aromatic heterocycles. The predicted octanol–water partition coefficient (Wildman–Crippen LogP) is 2.76. The average Bonchev–Trinajstić information content (AvgIpc) is 2.53. The Hall–Kier alpha value is -2.25. The largest absolute Gasteiger partial charge is 0.481 e. The fraction of sp³-hybridized carbons (Fsp3) is 0.529. The first-order valence-electron chi connectivity index (χ1n) is 8.00. The van der Waals surface area contributed by atoms with Gasteiger partial charge in [0.25, 0.3) is 5.91 Å². The maximum absolute atomic E-state index is 12.0. The smallest absolute Gasteiger partial charge is 0.471 e. The van der Waals surface area contributed by atoms with E-state index in [-0.39, 0.29) is 25.4 Å². The number of ether oxygens (including phenoxy) is 1. The number of carbonyl (C=O) groups excluding carboxylic acids is 2. The van der Waals surface area contributed by atoms with Gasteiger partial charge >= 0.3 is 12.1 Å². The highest BCUT2D eigenvalue weighted by Gasteiger charge is 2.38. The number of amides is 2. The monoisotopic (exact) mass is 360 g/mol. The summed E-state index contributed by atoms with van der Waals surface area (Å²) in [6.07, 6.45) is -5.45. The van der Waals surface area contributed by atoms with Crippen LogP contribution in [0.1, 0.15) is 38.7 Å². The third kappa shape index (κ3) is 7.45. The number of alkyl halides is 3. The van der Waals surface area contributed by atoms with Gasteiger partial charge in [0.15, 0.2) is 6.10 Å². The van der Waals surface area contributed by atoms with Crippen molar-refractivity contribution in [2.75, 3.05) is 13.1 Å². The molecule has 0 spiro atoms. The van der Waals surface area contributed by atoms with Gasteiger partial charge in [0, 0.05) is 13.1 Å². The van der Waals surface area contributed by atoms with Crippen LogP contribution < -0.4 is 15.4 Å². The average molecular weight is 360 g/mol. The molecule has 1 aromatic carbocycles. The van der Waals surface area contributed by atoms with E-state index in [2.05, 4.69) is 19.2 Å². The van der Waals surface area contributed by atoms with Crippen LogP contribution in [-0.4, -0.2) is 37.2 Å². The highest BCUT2D eigenvalue weighted by Crippen LogP contribution is 2.19. The van der Waals surface area contributed by atoms with Crippen molar-refractivity contribution in [3.05, 3.63) is 29.8 Å². The summed E-state index contributed by atoms with van der Waals surface area (Å²) in [5.41, 5.74) is 1.16. The molecule has 2 N–H and O–H groups in total. The molecule has 0 fully saturated rings. The fourth-order valence-electron chi connectivity index (χ4n) is 1.93. The van der Waals surface area contributed by atoms with Gasteiger partial charge in [-0.3, -0.25) is 9.59 Å². The van der Waals surface area contributed by atoms with Crippen LogP contribution in [-0.2, 0) is 9.59 Å². The van der Waals surface area contributed by atoms with Crippen molar-refractivity contribution in [3.8, 4) is 5.75 Å². The van der Waals surface area contributed by atoms with Gasteiger partial charge in [0.2, 0.25) is 0 Å². The van der Waals surface area contributed by atoms with E-state index in [1.807, 2.05) is 12.1 Å². The maximum atomic E-state index is 12.0. The standard InChI is InChI=1S/C17H23F3N2O3/c1-11(2)13-5-7-14(8-6-13)25-12(3)15(23)21-9-4-10-22-16(24)17(18,19)20/h5-8,11-12H,4,9-10H2,1-3H3,(H,21,23)(H,22,24). The topological polar surface area (TPSA) is 67.4 Å². The van der Waals surface area contributed by atoms with Crippen LogP contribution in [0.4, 0.5) is 13.2 Å². The summed E-state index contributed by atoms with van der Waals surface area (Å²) in [5.74, 6) is -1.41. The first kappa shape index (κ1) is 20.8. The number of benzene rings is 1. The second kappa shape index (κ2) is 9.29. The van der Waals surface area contributed by atoms with Crippen LogP contribution in [0.25, 0.3) is 0 Å². The van der Waals surface area contributed by atoms with E-state index in [1.54, 1.807) is 24.4 Å². The van der Waals surface area contributed by atoms with E-state index >= 15 is 0 Å². The first-order chi connectivity index (χ1) is 11.6. The summed E-state index contributed by atoms with van der Waals surface area (Å²) in [5, 5.41) is 4.28. The number of rotatable bonds is 8. The maximum Gasteiger partial charge on any atom is 0.471 e. The lowest BCUT2D eigenvalue weighted by molar-refractivity contribution is -0.173. The summed E-state index contributed by atoms with van der Waals surface area (Å²) >= 11 is 0. The molecule has 0 radical (unpaired) electrons. The molecule has 25 heavy (non-hydrogen) atoms. The zero-order chi connectivity index (χ0) is 19.0. The molecular formula is C17H23F3N2O3. The van der Waals surface area contributed by atoms with Gasteiger partial charge in [-0.1, -0.05) is 26.0 Å². The van der Waals surface area contributed by atoms with Gasteiger partial charge in [-0.25, -0.2) is 0 Å². The number of carbonyl (C=O) groups is 2. The molecular weight excluding hydrogens is 337 g/mol. The fourth-order valence-corrected chi connectivity index (χ4v) is 1.93. The Morgan fingerprint density at radius 1 is 1.04 bits per heavy atom. The Bertz CT molecular complexity index is 571. The van der Waals surface area contributed by atoms with Crippen LogP contribution in [0.15, 0.2) is 24.3 Å². The molecule has 0 saturated carbocycles. The molecule has 140 valence electrons. The minimum Gasteiger partial charge on any atom is -0.481 e. The van der Waals surface area contributed by atoms with Gasteiger partial charge in [0.1, 0.15) is 5.75 Å². The molecule has 0 aliphatic rings. The van der Waals surface area contributed by atoms with Crippen molar-refractivity contribution in [1.29, 1.82) is 0 Å². The molecule has 0 heterocycles. The minimum absolute atomic E-state index is 0.136. The lowest BCUT2D eigenvalue weighted by atomic mass is 10.0. The Morgan fingerprint density at radius 2 is 1.60 bits per heavy atom. The second-order valence-electron chi connectivity index (χ2n) is 5.88. The SMILES string of the molecule is CC(Oc1ccc(C(C)C)cc1)C(=O)NCCCNC(=O)C(F)(F)F. The summed E-state index contributed by atoms with van der Waals surface area (Å²) in [6, 6.07) is 7.42. The molecule has 1 unspecified atom stereocenters. The van der Waals surface area contributed by atoms with Crippen molar-refractivity contribution >= 4 is 11.8 Å². The summed E-state index contributed by atoms with van der Waals surface area (Å²) < 4.78 is 41.4. The number of nitrogens with one attached hydrogen (secondary N) is 2. The van der Waals surface area contributed by atoms with Crippen LogP contribution in [0.2, 0.25) is 0 Å². The van der Waals surface area contributed by atoms with Gasteiger partial charge in [-0.2, -0.15) is 13.2 Å². The molecule has 0 saturated heterocycles. The molecule has 2 amide bonds. The Labute approximate surface area is 144 Å². The van der Waals surface area contributed by atoms with Crippen molar-refractivity contribution in [2.24, 2.45) is 0 Å². The highest BCUT2D eigenvalue weighted by atomic mass is 19.4. The summed E-state index contributed by atoms with van der Waals surface area (Å²) in [7, 11) is 0. The molecule has 0 aliphatic heterocycles. The van der Waals surface area contributed by atoms with Crippen molar-refractivity contribution < 1.29 is 27.5 Å². The van der Waals surface area contributed by atoms with Crippen molar-refractivity contribution in [2.45, 2.75) is 45.4 Å². The van der Waals surface area contributed by atoms with E-state index in [0.717, 1.165) is 5.56 Å². The van der Waals surface area contributed by atoms with Crippen LogP contribution in [0.3, 0.4) is 0 Å². The van der Waals surface area contributed by atoms with Gasteiger partial charge < -0.3 is 15.4 Å². The molecule has 0 aliphatic carbocycles. The minimum atomic E-state index is -4.89. The van der Waals surface area contributed by atoms with E-state index in [4.69, 9.17) is 4.74 Å². The molecule has 5 nitrogen and oxygen atoms in total. The Morgan fingerprint density at radius 3 is 2.12 bits per heavy atom. The first-order valence-corrected chi connectivity index (χ1v) is 8.00. The number of hydrogen-bond acceptors (Lipinski definition) is 3. The molecule has 1 atom stereocenters. The van der Waals surface area contributed by atoms with Gasteiger partial charge in [-0.15, -0.1) is 0 Å². The van der Waals surface area contributed by atoms with Gasteiger partial charge in [0.05, 0.1) is 0 Å². The predicted molar refractivity (Wildman–Crippen MR) is 87.3 cm³/mol. The van der Waals surface area contributed by atoms with E-state index < -0.39 is 18.2 Å². The quantitative estimate of drug-likeness (QED) is 0.701. The Balaban J connectivity index is 2.29. The number of halogens is 3. The number of hydrogen-bond donors (Lipinski definition) is 2. The zero-order valence-corrected chi connectivity index (χ0v) is 14.4. The third-order valence-electron chi connectivity index (χ3n) is 3.42. The summed E-state index contributed by atoms with van der Waals surface area (Å²) in [6.45, 7) is 5.69. The lowest BCUT2D eigenvalue weighted by Gasteiger charge is -2.15. The molecule has 1 aromatic rings. The molecule has 0 bridgehead atoms. The van der Waals surface area contributed by atoms with Gasteiger partial charge in [-0.05, 0) is 37.0 Å². The van der Waals surface area contributed by atoms with E-state index in [0.29, 0.717) is 11.7 Å². The normalized spacial score (nSPS) is 12.6. The third-order valence-corrected chi connectivity index (χ3v) is 3.42. The zero-order valence-electron chi connectivity index (χ0n) is 14.4. The van der Waals surface area contributed by atoms with E-state index in [1.165, 1.54) is 0 Å². The Kier molecular flexibility index (Phi) is 7.73. The molecule has 8 heteroatoms. The highest BCUT2D eigenvalue weighted by molar-refractivity contribution is 5.81. The summed E-state index contributed by atoms with van der Waals surface area (Å²) in [4.78, 5) is 22.5. The van der Waals surface area contributed by atoms with Crippen LogP contribution in [0, 0.1) is 0 Å². The van der Waals surface area contributed by atoms with Crippen LogP contribution >= 0.6 is 0 Å².